The second-order valence-corrected chi connectivity index (χ2v) is 5.62. The Balaban J connectivity index is 2.62. The van der Waals surface area contributed by atoms with Gasteiger partial charge in [0.05, 0.1) is 6.10 Å². The lowest BCUT2D eigenvalue weighted by molar-refractivity contribution is 0.106. The van der Waals surface area contributed by atoms with E-state index in [1.165, 1.54) is 12.1 Å². The zero-order valence-electron chi connectivity index (χ0n) is 12.6. The molecule has 1 aromatic carbocycles. The largest absolute Gasteiger partial charge is 0.382 e. The highest BCUT2D eigenvalue weighted by Crippen LogP contribution is 2.20. The summed E-state index contributed by atoms with van der Waals surface area (Å²) in [4.78, 5) is 0. The van der Waals surface area contributed by atoms with Gasteiger partial charge in [-0.05, 0) is 56.8 Å². The molecule has 4 heteroatoms. The van der Waals surface area contributed by atoms with Crippen molar-refractivity contribution in [3.05, 3.63) is 34.6 Å². The molecule has 1 N–H and O–H groups in total. The van der Waals surface area contributed by atoms with E-state index < -0.39 is 0 Å². The summed E-state index contributed by atoms with van der Waals surface area (Å²) in [5.41, 5.74) is 0.992. The molecule has 114 valence electrons. The zero-order chi connectivity index (χ0) is 15.0. The highest BCUT2D eigenvalue weighted by Gasteiger charge is 2.13. The molecule has 0 aromatic heterocycles. The number of hydrogen-bond acceptors (Lipinski definition) is 2. The number of nitrogens with one attached hydrogen (secondary N) is 1. The standard InChI is InChI=1S/C16H25ClFNO/c1-4-9-19-15(8-5-12(2)20-3)10-13-6-7-14(18)11-16(13)17/h6-7,11-12,15,19H,4-5,8-10H2,1-3H3. The second-order valence-electron chi connectivity index (χ2n) is 5.21. The quantitative estimate of drug-likeness (QED) is 0.738. The van der Waals surface area contributed by atoms with Crippen LogP contribution < -0.4 is 5.32 Å². The Hall–Kier alpha value is -0.640. The van der Waals surface area contributed by atoms with Crippen LogP contribution in [0, 0.1) is 5.82 Å². The van der Waals surface area contributed by atoms with Gasteiger partial charge in [0.1, 0.15) is 5.82 Å². The van der Waals surface area contributed by atoms with Crippen molar-refractivity contribution in [2.45, 2.75) is 51.7 Å². The first-order chi connectivity index (χ1) is 9.56. The third-order valence-electron chi connectivity index (χ3n) is 3.49. The molecular weight excluding hydrogens is 277 g/mol. The van der Waals surface area contributed by atoms with Crippen molar-refractivity contribution in [3.8, 4) is 0 Å². The maximum atomic E-state index is 13.1. The number of halogens is 2. The first-order valence-corrected chi connectivity index (χ1v) is 7.64. The molecule has 0 aliphatic rings. The summed E-state index contributed by atoms with van der Waals surface area (Å²) >= 11 is 6.11. The lowest BCUT2D eigenvalue weighted by atomic mass is 10.00. The summed E-state index contributed by atoms with van der Waals surface area (Å²) in [7, 11) is 1.73. The Morgan fingerprint density at radius 2 is 2.10 bits per heavy atom. The first-order valence-electron chi connectivity index (χ1n) is 7.26. The second kappa shape index (κ2) is 9.32. The van der Waals surface area contributed by atoms with Crippen LogP contribution in [0.25, 0.3) is 0 Å². The van der Waals surface area contributed by atoms with Gasteiger partial charge in [0.2, 0.25) is 0 Å². The highest BCUT2D eigenvalue weighted by molar-refractivity contribution is 6.31. The van der Waals surface area contributed by atoms with Crippen molar-refractivity contribution in [1.29, 1.82) is 0 Å². The van der Waals surface area contributed by atoms with E-state index >= 15 is 0 Å². The van der Waals surface area contributed by atoms with Crippen LogP contribution in [-0.2, 0) is 11.2 Å². The fraction of sp³-hybridized carbons (Fsp3) is 0.625. The predicted molar refractivity (Wildman–Crippen MR) is 82.9 cm³/mol. The SMILES string of the molecule is CCCNC(CCC(C)OC)Cc1ccc(F)cc1Cl. The van der Waals surface area contributed by atoms with E-state index in [2.05, 4.69) is 19.2 Å². The summed E-state index contributed by atoms with van der Waals surface area (Å²) < 4.78 is 18.4. The zero-order valence-corrected chi connectivity index (χ0v) is 13.3. The van der Waals surface area contributed by atoms with E-state index in [1.807, 2.05) is 0 Å². The van der Waals surface area contributed by atoms with Gasteiger partial charge in [-0.25, -0.2) is 4.39 Å². The summed E-state index contributed by atoms with van der Waals surface area (Å²) in [6, 6.07) is 4.97. The fourth-order valence-electron chi connectivity index (χ4n) is 2.13. The molecule has 2 unspecified atom stereocenters. The van der Waals surface area contributed by atoms with Gasteiger partial charge >= 0.3 is 0 Å². The summed E-state index contributed by atoms with van der Waals surface area (Å²) in [5.74, 6) is -0.287. The van der Waals surface area contributed by atoms with Gasteiger partial charge in [-0.2, -0.15) is 0 Å². The van der Waals surface area contributed by atoms with Crippen LogP contribution in [0.5, 0.6) is 0 Å². The average molecular weight is 302 g/mol. The minimum absolute atomic E-state index is 0.254. The third-order valence-corrected chi connectivity index (χ3v) is 3.84. The molecular formula is C16H25ClFNO. The normalized spacial score (nSPS) is 14.2. The molecule has 0 fully saturated rings. The van der Waals surface area contributed by atoms with Crippen molar-refractivity contribution in [3.63, 3.8) is 0 Å². The van der Waals surface area contributed by atoms with E-state index in [4.69, 9.17) is 16.3 Å². The van der Waals surface area contributed by atoms with E-state index in [-0.39, 0.29) is 11.9 Å². The van der Waals surface area contributed by atoms with Crippen LogP contribution in [0.1, 0.15) is 38.7 Å². The molecule has 0 amide bonds. The van der Waals surface area contributed by atoms with Gasteiger partial charge in [0.25, 0.3) is 0 Å². The van der Waals surface area contributed by atoms with Crippen molar-refractivity contribution in [2.24, 2.45) is 0 Å². The maximum absolute atomic E-state index is 13.1. The molecule has 0 saturated carbocycles. The van der Waals surface area contributed by atoms with Gasteiger partial charge < -0.3 is 10.1 Å². The maximum Gasteiger partial charge on any atom is 0.124 e. The van der Waals surface area contributed by atoms with Crippen LogP contribution in [0.2, 0.25) is 5.02 Å². The van der Waals surface area contributed by atoms with Crippen molar-refractivity contribution in [2.75, 3.05) is 13.7 Å². The molecule has 20 heavy (non-hydrogen) atoms. The molecule has 2 nitrogen and oxygen atoms in total. The summed E-state index contributed by atoms with van der Waals surface area (Å²) in [5, 5.41) is 4.04. The predicted octanol–water partition coefficient (Wildman–Crippen LogP) is 4.20. The van der Waals surface area contributed by atoms with Crippen LogP contribution in [0.15, 0.2) is 18.2 Å². The van der Waals surface area contributed by atoms with Gasteiger partial charge in [-0.15, -0.1) is 0 Å². The fourth-order valence-corrected chi connectivity index (χ4v) is 2.38. The molecule has 0 heterocycles. The molecule has 2 atom stereocenters. The lowest BCUT2D eigenvalue weighted by Crippen LogP contribution is -2.32. The molecule has 1 rings (SSSR count). The van der Waals surface area contributed by atoms with Crippen molar-refractivity contribution in [1.82, 2.24) is 5.32 Å². The van der Waals surface area contributed by atoms with Crippen LogP contribution in [0.4, 0.5) is 4.39 Å². The van der Waals surface area contributed by atoms with Gasteiger partial charge in [0, 0.05) is 18.2 Å². The van der Waals surface area contributed by atoms with Crippen molar-refractivity contribution >= 4 is 11.6 Å². The van der Waals surface area contributed by atoms with E-state index in [0.717, 1.165) is 37.8 Å². The molecule has 0 spiro atoms. The molecule has 0 aliphatic carbocycles. The van der Waals surface area contributed by atoms with Crippen molar-refractivity contribution < 1.29 is 9.13 Å². The molecule has 0 radical (unpaired) electrons. The average Bonchev–Trinajstić information content (AvgIpc) is 2.43. The minimum Gasteiger partial charge on any atom is -0.382 e. The van der Waals surface area contributed by atoms with E-state index in [9.17, 15) is 4.39 Å². The summed E-state index contributed by atoms with van der Waals surface area (Å²) in [6.45, 7) is 5.19. The highest BCUT2D eigenvalue weighted by atomic mass is 35.5. The topological polar surface area (TPSA) is 21.3 Å². The first kappa shape index (κ1) is 17.4. The number of hydrogen-bond donors (Lipinski definition) is 1. The molecule has 0 bridgehead atoms. The Bertz CT molecular complexity index is 400. The Kier molecular flexibility index (Phi) is 8.12. The van der Waals surface area contributed by atoms with Gasteiger partial charge in [-0.1, -0.05) is 24.6 Å². The van der Waals surface area contributed by atoms with Crippen LogP contribution in [-0.4, -0.2) is 25.8 Å². The minimum atomic E-state index is -0.287. The Morgan fingerprint density at radius 3 is 2.70 bits per heavy atom. The summed E-state index contributed by atoms with van der Waals surface area (Å²) in [6.07, 6.45) is 4.17. The molecule has 1 aromatic rings. The van der Waals surface area contributed by atoms with E-state index in [1.54, 1.807) is 13.2 Å². The van der Waals surface area contributed by atoms with Crippen LogP contribution in [0.3, 0.4) is 0 Å². The Labute approximate surface area is 126 Å². The monoisotopic (exact) mass is 301 g/mol. The number of benzene rings is 1. The smallest absolute Gasteiger partial charge is 0.124 e. The van der Waals surface area contributed by atoms with Crippen LogP contribution >= 0.6 is 11.6 Å². The third kappa shape index (κ3) is 6.21. The molecule has 0 aliphatic heterocycles. The lowest BCUT2D eigenvalue weighted by Gasteiger charge is -2.21. The molecule has 0 saturated heterocycles. The Morgan fingerprint density at radius 1 is 1.35 bits per heavy atom. The number of rotatable bonds is 9. The number of ether oxygens (including phenoxy) is 1. The van der Waals surface area contributed by atoms with Gasteiger partial charge in [-0.3, -0.25) is 0 Å². The van der Waals surface area contributed by atoms with Gasteiger partial charge in [0.15, 0.2) is 0 Å². The van der Waals surface area contributed by atoms with E-state index in [0.29, 0.717) is 11.1 Å². The number of methoxy groups -OCH3 is 1.